The fourth-order valence-electron chi connectivity index (χ4n) is 3.26. The lowest BCUT2D eigenvalue weighted by Gasteiger charge is -2.43. The molecule has 0 aliphatic carbocycles. The monoisotopic (exact) mass is 378 g/mol. The number of para-hydroxylation sites is 1. The number of carbonyl (C=O) groups excluding carboxylic acids is 3. The molecule has 1 aromatic carbocycles. The maximum Gasteiger partial charge on any atom is 0.322 e. The quantitative estimate of drug-likeness (QED) is 0.712. The highest BCUT2D eigenvalue weighted by Crippen LogP contribution is 2.26. The lowest BCUT2D eigenvalue weighted by molar-refractivity contribution is -0.132. The van der Waals surface area contributed by atoms with Crippen LogP contribution in [0, 0.1) is 11.7 Å². The van der Waals surface area contributed by atoms with E-state index in [-0.39, 0.29) is 35.9 Å². The highest BCUT2D eigenvalue weighted by Gasteiger charge is 2.43. The maximum atomic E-state index is 13.6. The van der Waals surface area contributed by atoms with Crippen molar-refractivity contribution in [3.05, 3.63) is 30.1 Å². The first-order valence-electron chi connectivity index (χ1n) is 8.86. The van der Waals surface area contributed by atoms with Gasteiger partial charge in [0.1, 0.15) is 5.82 Å². The summed E-state index contributed by atoms with van der Waals surface area (Å²) in [5.74, 6) is -1.12. The van der Waals surface area contributed by atoms with E-state index in [9.17, 15) is 18.8 Å². The first-order valence-corrected chi connectivity index (χ1v) is 8.86. The van der Waals surface area contributed by atoms with Crippen molar-refractivity contribution < 1.29 is 23.5 Å². The third-order valence-corrected chi connectivity index (χ3v) is 4.84. The summed E-state index contributed by atoms with van der Waals surface area (Å²) in [6, 6.07) is 5.43. The van der Waals surface area contributed by atoms with E-state index >= 15 is 0 Å². The fourth-order valence-corrected chi connectivity index (χ4v) is 3.26. The molecule has 2 aliphatic heterocycles. The number of amides is 4. The van der Waals surface area contributed by atoms with Gasteiger partial charge in [0, 0.05) is 39.7 Å². The lowest BCUT2D eigenvalue weighted by atomic mass is 10.1. The summed E-state index contributed by atoms with van der Waals surface area (Å²) < 4.78 is 18.5. The molecule has 1 atom stereocenters. The second kappa shape index (κ2) is 8.34. The van der Waals surface area contributed by atoms with E-state index < -0.39 is 11.8 Å². The predicted molar refractivity (Wildman–Crippen MR) is 95.5 cm³/mol. The van der Waals surface area contributed by atoms with Crippen molar-refractivity contribution in [3.63, 3.8) is 0 Å². The van der Waals surface area contributed by atoms with Crippen LogP contribution in [0.2, 0.25) is 0 Å². The summed E-state index contributed by atoms with van der Waals surface area (Å²) in [6.07, 6.45) is 0.177. The average Bonchev–Trinajstić information content (AvgIpc) is 2.97. The number of ether oxygens (including phenoxy) is 1. The number of hydrogen-bond acceptors (Lipinski definition) is 4. The lowest BCUT2D eigenvalue weighted by Crippen LogP contribution is -2.62. The molecule has 27 heavy (non-hydrogen) atoms. The Morgan fingerprint density at radius 3 is 2.70 bits per heavy atom. The molecular formula is C18H23FN4O4. The van der Waals surface area contributed by atoms with Crippen LogP contribution >= 0.6 is 0 Å². The first kappa shape index (κ1) is 19.1. The zero-order valence-electron chi connectivity index (χ0n) is 15.1. The molecule has 4 amide bonds. The molecule has 2 fully saturated rings. The van der Waals surface area contributed by atoms with E-state index in [1.165, 1.54) is 17.0 Å². The van der Waals surface area contributed by atoms with Gasteiger partial charge in [-0.25, -0.2) is 9.18 Å². The van der Waals surface area contributed by atoms with Crippen LogP contribution in [-0.2, 0) is 14.3 Å². The first-order chi connectivity index (χ1) is 13.0. The summed E-state index contributed by atoms with van der Waals surface area (Å²) in [7, 11) is 1.55. The summed E-state index contributed by atoms with van der Waals surface area (Å²) in [6.45, 7) is 1.91. The van der Waals surface area contributed by atoms with E-state index in [1.54, 1.807) is 24.1 Å². The van der Waals surface area contributed by atoms with Crippen molar-refractivity contribution in [2.45, 2.75) is 12.5 Å². The molecule has 9 heteroatoms. The topological polar surface area (TPSA) is 91.0 Å². The van der Waals surface area contributed by atoms with Crippen LogP contribution in [0.5, 0.6) is 0 Å². The molecule has 2 N–H and O–H groups in total. The molecule has 0 bridgehead atoms. The standard InChI is InChI=1S/C18H23FN4O4/c1-27-7-6-20-17(25)12-8-16(24)23(9-12)13-10-22(11-13)18(26)21-15-5-3-2-4-14(15)19/h2-5,12-13H,6-11H2,1H3,(H,20,25)(H,21,26). The Morgan fingerprint density at radius 2 is 2.00 bits per heavy atom. The summed E-state index contributed by atoms with van der Waals surface area (Å²) >= 11 is 0. The predicted octanol–water partition coefficient (Wildman–Crippen LogP) is 0.653. The minimum absolute atomic E-state index is 0.0824. The Kier molecular flexibility index (Phi) is 5.90. The van der Waals surface area contributed by atoms with E-state index in [0.717, 1.165) is 0 Å². The highest BCUT2D eigenvalue weighted by molar-refractivity contribution is 5.91. The van der Waals surface area contributed by atoms with Gasteiger partial charge in [-0.15, -0.1) is 0 Å². The van der Waals surface area contributed by atoms with Crippen molar-refractivity contribution in [2.75, 3.05) is 45.2 Å². The van der Waals surface area contributed by atoms with Crippen molar-refractivity contribution in [3.8, 4) is 0 Å². The van der Waals surface area contributed by atoms with Gasteiger partial charge in [-0.3, -0.25) is 9.59 Å². The SMILES string of the molecule is COCCNC(=O)C1CC(=O)N(C2CN(C(=O)Nc3ccccc3F)C2)C1. The largest absolute Gasteiger partial charge is 0.383 e. The van der Waals surface area contributed by atoms with Crippen LogP contribution < -0.4 is 10.6 Å². The Bertz CT molecular complexity index is 723. The molecule has 2 heterocycles. The molecule has 3 rings (SSSR count). The van der Waals surface area contributed by atoms with E-state index in [1.807, 2.05) is 0 Å². The maximum absolute atomic E-state index is 13.6. The number of halogens is 1. The number of benzene rings is 1. The number of rotatable bonds is 6. The van der Waals surface area contributed by atoms with Crippen LogP contribution in [0.25, 0.3) is 0 Å². The van der Waals surface area contributed by atoms with Crippen molar-refractivity contribution in [1.82, 2.24) is 15.1 Å². The Hall–Kier alpha value is -2.68. The molecule has 1 aromatic rings. The number of carbonyl (C=O) groups is 3. The normalized spacial score (nSPS) is 19.8. The van der Waals surface area contributed by atoms with E-state index in [0.29, 0.717) is 32.8 Å². The number of hydrogen-bond donors (Lipinski definition) is 2. The number of methoxy groups -OCH3 is 1. The third-order valence-electron chi connectivity index (χ3n) is 4.84. The molecule has 2 saturated heterocycles. The molecule has 0 saturated carbocycles. The summed E-state index contributed by atoms with van der Waals surface area (Å²) in [5.41, 5.74) is 0.121. The smallest absolute Gasteiger partial charge is 0.322 e. The van der Waals surface area contributed by atoms with Crippen molar-refractivity contribution in [2.24, 2.45) is 5.92 Å². The Labute approximate surface area is 156 Å². The van der Waals surface area contributed by atoms with Crippen LogP contribution in [0.4, 0.5) is 14.9 Å². The number of likely N-dealkylation sites (tertiary alicyclic amines) is 2. The van der Waals surface area contributed by atoms with Gasteiger partial charge in [-0.1, -0.05) is 12.1 Å². The minimum Gasteiger partial charge on any atom is -0.383 e. The molecular weight excluding hydrogens is 355 g/mol. The van der Waals surface area contributed by atoms with Crippen LogP contribution in [-0.4, -0.2) is 73.6 Å². The van der Waals surface area contributed by atoms with Crippen LogP contribution in [0.3, 0.4) is 0 Å². The number of anilines is 1. The van der Waals surface area contributed by atoms with E-state index in [4.69, 9.17) is 4.74 Å². The van der Waals surface area contributed by atoms with Gasteiger partial charge in [0.25, 0.3) is 0 Å². The van der Waals surface area contributed by atoms with E-state index in [2.05, 4.69) is 10.6 Å². The number of nitrogens with one attached hydrogen (secondary N) is 2. The van der Waals surface area contributed by atoms with Gasteiger partial charge in [-0.2, -0.15) is 0 Å². The highest BCUT2D eigenvalue weighted by atomic mass is 19.1. The zero-order valence-corrected chi connectivity index (χ0v) is 15.1. The average molecular weight is 378 g/mol. The fraction of sp³-hybridized carbons (Fsp3) is 0.500. The Balaban J connectivity index is 1.46. The van der Waals surface area contributed by atoms with Crippen molar-refractivity contribution >= 4 is 23.5 Å². The number of urea groups is 1. The summed E-state index contributed by atoms with van der Waals surface area (Å²) in [5, 5.41) is 5.27. The molecule has 0 radical (unpaired) electrons. The molecule has 1 unspecified atom stereocenters. The number of nitrogens with zero attached hydrogens (tertiary/aromatic N) is 2. The molecule has 0 aromatic heterocycles. The second-order valence-corrected chi connectivity index (χ2v) is 6.70. The Morgan fingerprint density at radius 1 is 1.26 bits per heavy atom. The van der Waals surface area contributed by atoms with Gasteiger partial charge in [0.05, 0.1) is 24.3 Å². The van der Waals surface area contributed by atoms with Gasteiger partial charge < -0.3 is 25.2 Å². The van der Waals surface area contributed by atoms with Crippen LogP contribution in [0.15, 0.2) is 24.3 Å². The molecule has 2 aliphatic rings. The summed E-state index contributed by atoms with van der Waals surface area (Å²) in [4.78, 5) is 39.7. The van der Waals surface area contributed by atoms with Crippen LogP contribution in [0.1, 0.15) is 6.42 Å². The zero-order chi connectivity index (χ0) is 19.4. The van der Waals surface area contributed by atoms with Gasteiger partial charge in [0.2, 0.25) is 11.8 Å². The van der Waals surface area contributed by atoms with Crippen molar-refractivity contribution in [1.29, 1.82) is 0 Å². The minimum atomic E-state index is -0.500. The third kappa shape index (κ3) is 4.36. The molecule has 146 valence electrons. The van der Waals surface area contributed by atoms with Gasteiger partial charge in [-0.05, 0) is 12.1 Å². The van der Waals surface area contributed by atoms with Gasteiger partial charge >= 0.3 is 6.03 Å². The van der Waals surface area contributed by atoms with Gasteiger partial charge in [0.15, 0.2) is 0 Å². The second-order valence-electron chi connectivity index (χ2n) is 6.70. The molecule has 0 spiro atoms. The molecule has 8 nitrogen and oxygen atoms in total.